The van der Waals surface area contributed by atoms with Crippen molar-refractivity contribution in [1.29, 1.82) is 0 Å². The lowest BCUT2D eigenvalue weighted by Crippen LogP contribution is -2.57. The maximum absolute atomic E-state index is 13.7. The molecule has 3 aliphatic carbocycles. The number of hydrogen-bond donors (Lipinski definition) is 4. The fourth-order valence-electron chi connectivity index (χ4n) is 6.14. The summed E-state index contributed by atoms with van der Waals surface area (Å²) in [5.41, 5.74) is -1.40. The molecule has 4 N–H and O–H groups in total. The summed E-state index contributed by atoms with van der Waals surface area (Å²) in [7, 11) is 1.49. The highest BCUT2D eigenvalue weighted by atomic mass is 16.6. The number of allylic oxidation sites excluding steroid dienone is 1. The molecule has 0 amide bonds. The monoisotopic (exact) mass is 542 g/mol. The number of aromatic hydroxyl groups is 1. The molecule has 210 valence electrons. The molecule has 0 unspecified atom stereocenters. The quantitative estimate of drug-likeness (QED) is 0.218. The first-order valence-corrected chi connectivity index (χ1v) is 13.0. The van der Waals surface area contributed by atoms with Crippen molar-refractivity contribution < 1.29 is 49.1 Å². The van der Waals surface area contributed by atoms with Gasteiger partial charge in [-0.05, 0) is 54.7 Å². The number of esters is 1. The fourth-order valence-corrected chi connectivity index (χ4v) is 6.14. The van der Waals surface area contributed by atoms with Crippen molar-refractivity contribution in [2.45, 2.75) is 64.4 Å². The minimum atomic E-state index is -2.54. The van der Waals surface area contributed by atoms with E-state index < -0.39 is 57.8 Å². The Hall–Kier alpha value is -3.50. The number of phenols is 1. The van der Waals surface area contributed by atoms with E-state index in [0.717, 1.165) is 12.5 Å². The van der Waals surface area contributed by atoms with Crippen LogP contribution in [0.5, 0.6) is 5.75 Å². The highest BCUT2D eigenvalue weighted by Crippen LogP contribution is 2.53. The van der Waals surface area contributed by atoms with Crippen LogP contribution in [0.1, 0.15) is 68.2 Å². The Bertz CT molecular complexity index is 1320. The Kier molecular flexibility index (Phi) is 7.73. The third-order valence-electron chi connectivity index (χ3n) is 8.05. The number of aliphatic hydroxyl groups is 3. The molecule has 4 rings (SSSR count). The van der Waals surface area contributed by atoms with Gasteiger partial charge in [-0.2, -0.15) is 0 Å². The topological polar surface area (TPSA) is 168 Å². The van der Waals surface area contributed by atoms with Gasteiger partial charge < -0.3 is 29.9 Å². The molecule has 0 aliphatic heterocycles. The van der Waals surface area contributed by atoms with E-state index in [1.54, 1.807) is 6.07 Å². The van der Waals surface area contributed by atoms with E-state index in [4.69, 9.17) is 9.47 Å². The van der Waals surface area contributed by atoms with Gasteiger partial charge in [0.15, 0.2) is 17.2 Å². The van der Waals surface area contributed by atoms with Crippen LogP contribution in [0.4, 0.5) is 0 Å². The number of carbonyl (C=O) groups excluding carboxylic acids is 4. The van der Waals surface area contributed by atoms with Crippen molar-refractivity contribution >= 4 is 29.1 Å². The van der Waals surface area contributed by atoms with Crippen LogP contribution in [0, 0.1) is 11.8 Å². The van der Waals surface area contributed by atoms with E-state index in [-0.39, 0.29) is 68.1 Å². The third kappa shape index (κ3) is 4.65. The van der Waals surface area contributed by atoms with E-state index in [1.165, 1.54) is 7.11 Å². The first-order chi connectivity index (χ1) is 18.3. The highest BCUT2D eigenvalue weighted by Gasteiger charge is 2.60. The second-order valence-corrected chi connectivity index (χ2v) is 10.8. The molecule has 10 heteroatoms. The van der Waals surface area contributed by atoms with Crippen molar-refractivity contribution in [3.05, 3.63) is 45.2 Å². The summed E-state index contributed by atoms with van der Waals surface area (Å²) in [6.45, 7) is 5.31. The Morgan fingerprint density at radius 1 is 1.13 bits per heavy atom. The van der Waals surface area contributed by atoms with Crippen molar-refractivity contribution in [2.24, 2.45) is 11.8 Å². The zero-order valence-corrected chi connectivity index (χ0v) is 22.5. The van der Waals surface area contributed by atoms with Crippen LogP contribution in [0.2, 0.25) is 0 Å². The second-order valence-electron chi connectivity index (χ2n) is 10.8. The summed E-state index contributed by atoms with van der Waals surface area (Å²) in [4.78, 5) is 50.5. The predicted octanol–water partition coefficient (Wildman–Crippen LogP) is 2.77. The SMILES string of the molecule is COCCOC(=O)CCc1cc(C(C)C)c2c(c1O)C(O)=C1C(=O)[C@]3(O)C(O)=C(C(C)=O)C(=O)C[C@@H]3C[C@@H]1C2. The van der Waals surface area contributed by atoms with Crippen LogP contribution in [0.25, 0.3) is 5.76 Å². The molecule has 0 heterocycles. The van der Waals surface area contributed by atoms with Gasteiger partial charge >= 0.3 is 5.97 Å². The molecule has 0 spiro atoms. The fraction of sp³-hybridized carbons (Fsp3) is 0.517. The number of aryl methyl sites for hydroxylation is 1. The molecule has 39 heavy (non-hydrogen) atoms. The van der Waals surface area contributed by atoms with Gasteiger partial charge in [0.2, 0.25) is 5.78 Å². The van der Waals surface area contributed by atoms with E-state index in [2.05, 4.69) is 0 Å². The molecule has 1 aromatic carbocycles. The Balaban J connectivity index is 1.80. The number of methoxy groups -OCH3 is 1. The van der Waals surface area contributed by atoms with Crippen LogP contribution in [0.3, 0.4) is 0 Å². The normalized spacial score (nSPS) is 24.5. The van der Waals surface area contributed by atoms with Gasteiger partial charge in [-0.3, -0.25) is 19.2 Å². The molecule has 1 aromatic rings. The van der Waals surface area contributed by atoms with Crippen LogP contribution in [-0.4, -0.2) is 69.7 Å². The number of rotatable bonds is 8. The molecule has 0 aromatic heterocycles. The molecule has 1 fully saturated rings. The maximum atomic E-state index is 13.7. The zero-order chi connectivity index (χ0) is 28.8. The molecule has 0 bridgehead atoms. The molecule has 3 aliphatic rings. The Morgan fingerprint density at radius 2 is 1.82 bits per heavy atom. The predicted molar refractivity (Wildman–Crippen MR) is 138 cm³/mol. The zero-order valence-electron chi connectivity index (χ0n) is 22.5. The summed E-state index contributed by atoms with van der Waals surface area (Å²) in [5.74, 6) is -6.24. The minimum absolute atomic E-state index is 0.0290. The van der Waals surface area contributed by atoms with Gasteiger partial charge in [0.25, 0.3) is 0 Å². The average Bonchev–Trinajstić information content (AvgIpc) is 2.85. The van der Waals surface area contributed by atoms with Crippen LogP contribution >= 0.6 is 0 Å². The number of phenolic OH excluding ortho intramolecular Hbond substituents is 1. The lowest BCUT2D eigenvalue weighted by Gasteiger charge is -2.46. The van der Waals surface area contributed by atoms with Gasteiger partial charge in [-0.1, -0.05) is 19.9 Å². The molecular formula is C29H34O10. The van der Waals surface area contributed by atoms with Crippen molar-refractivity contribution in [3.8, 4) is 5.75 Å². The Morgan fingerprint density at radius 3 is 2.44 bits per heavy atom. The van der Waals surface area contributed by atoms with E-state index in [0.29, 0.717) is 11.1 Å². The van der Waals surface area contributed by atoms with Crippen LogP contribution < -0.4 is 0 Å². The summed E-state index contributed by atoms with van der Waals surface area (Å²) >= 11 is 0. The second kappa shape index (κ2) is 10.6. The van der Waals surface area contributed by atoms with Gasteiger partial charge in [-0.15, -0.1) is 0 Å². The number of hydrogen-bond acceptors (Lipinski definition) is 10. The lowest BCUT2D eigenvalue weighted by atomic mass is 9.58. The smallest absolute Gasteiger partial charge is 0.306 e. The first-order valence-electron chi connectivity index (χ1n) is 13.0. The van der Waals surface area contributed by atoms with Gasteiger partial charge in [0.1, 0.15) is 29.4 Å². The number of aliphatic hydroxyl groups excluding tert-OH is 2. The van der Waals surface area contributed by atoms with Crippen molar-refractivity contribution in [1.82, 2.24) is 0 Å². The van der Waals surface area contributed by atoms with Crippen molar-refractivity contribution in [3.63, 3.8) is 0 Å². The number of ketones is 3. The average molecular weight is 543 g/mol. The standard InChI is InChI=1S/C29H34O10/c1-13(2)18-10-15(5-6-21(32)39-8-7-38-4)25(33)24-19(18)11-16-9-17-12-20(31)22(14(3)30)27(35)29(17,37)28(36)23(16)26(24)34/h10,13,16-17,33-35,37H,5-9,11-12H2,1-4H3/t16-,17+,29-/m1/s1. The van der Waals surface area contributed by atoms with Gasteiger partial charge in [0, 0.05) is 31.4 Å². The molecule has 3 atom stereocenters. The third-order valence-corrected chi connectivity index (χ3v) is 8.05. The van der Waals surface area contributed by atoms with Crippen LogP contribution in [0.15, 0.2) is 23.0 Å². The molecule has 0 saturated heterocycles. The summed E-state index contributed by atoms with van der Waals surface area (Å²) in [6.07, 6.45) is 0.153. The van der Waals surface area contributed by atoms with Gasteiger partial charge in [-0.25, -0.2) is 0 Å². The Labute approximate surface area is 225 Å². The van der Waals surface area contributed by atoms with Crippen LogP contribution in [-0.2, 0) is 41.5 Å². The summed E-state index contributed by atoms with van der Waals surface area (Å²) in [6, 6.07) is 1.79. The largest absolute Gasteiger partial charge is 0.508 e. The minimum Gasteiger partial charge on any atom is -0.508 e. The summed E-state index contributed by atoms with van der Waals surface area (Å²) < 4.78 is 9.96. The lowest BCUT2D eigenvalue weighted by molar-refractivity contribution is -0.148. The molecule has 1 saturated carbocycles. The van der Waals surface area contributed by atoms with Gasteiger partial charge in [0.05, 0.1) is 12.2 Å². The van der Waals surface area contributed by atoms with E-state index >= 15 is 0 Å². The number of Topliss-reactive ketones (excluding diaryl/α,β-unsaturated/α-hetero) is 3. The molecule has 0 radical (unpaired) electrons. The number of carbonyl (C=O) groups is 4. The maximum Gasteiger partial charge on any atom is 0.306 e. The first kappa shape index (κ1) is 28.5. The molecule has 10 nitrogen and oxygen atoms in total. The van der Waals surface area contributed by atoms with Crippen molar-refractivity contribution in [2.75, 3.05) is 20.3 Å². The molecular weight excluding hydrogens is 508 g/mol. The highest BCUT2D eigenvalue weighted by molar-refractivity contribution is 6.23. The summed E-state index contributed by atoms with van der Waals surface area (Å²) in [5, 5.41) is 44.9. The number of fused-ring (bicyclic) bond motifs is 3. The van der Waals surface area contributed by atoms with E-state index in [1.807, 2.05) is 13.8 Å². The number of ether oxygens (including phenoxy) is 2. The van der Waals surface area contributed by atoms with E-state index in [9.17, 15) is 39.6 Å². The number of benzene rings is 1.